The van der Waals surface area contributed by atoms with Crippen molar-refractivity contribution in [2.75, 3.05) is 0 Å². The molecule has 3 unspecified atom stereocenters. The van der Waals surface area contributed by atoms with Crippen LogP contribution < -0.4 is 4.72 Å². The van der Waals surface area contributed by atoms with Crippen LogP contribution in [-0.2, 0) is 15.8 Å². The first-order valence-corrected chi connectivity index (χ1v) is 9.54. The Morgan fingerprint density at radius 3 is 2.59 bits per heavy atom. The molecule has 2 bridgehead atoms. The van der Waals surface area contributed by atoms with Crippen LogP contribution in [0.15, 0.2) is 24.3 Å². The molecule has 1 aromatic rings. The second kappa shape index (κ2) is 5.03. The van der Waals surface area contributed by atoms with E-state index in [9.17, 15) is 12.8 Å². The SMILES string of the molecule is CC1(C)C2CCC1(C)C(NS(=O)(=O)Cc1cccc(F)c1)C2. The molecule has 3 nitrogen and oxygen atoms in total. The van der Waals surface area contributed by atoms with E-state index in [0.29, 0.717) is 11.5 Å². The molecule has 1 N–H and O–H groups in total. The van der Waals surface area contributed by atoms with Gasteiger partial charge >= 0.3 is 0 Å². The van der Waals surface area contributed by atoms with E-state index in [1.807, 2.05) is 0 Å². The number of rotatable bonds is 4. The minimum absolute atomic E-state index is 0.00662. The van der Waals surface area contributed by atoms with Crippen molar-refractivity contribution in [3.8, 4) is 0 Å². The quantitative estimate of drug-likeness (QED) is 0.921. The van der Waals surface area contributed by atoms with E-state index in [4.69, 9.17) is 0 Å². The fourth-order valence-corrected chi connectivity index (χ4v) is 5.98. The van der Waals surface area contributed by atoms with Crippen LogP contribution in [0.2, 0.25) is 0 Å². The molecule has 122 valence electrons. The Morgan fingerprint density at radius 1 is 1.32 bits per heavy atom. The van der Waals surface area contributed by atoms with E-state index in [1.165, 1.54) is 18.6 Å². The lowest BCUT2D eigenvalue weighted by atomic mass is 9.69. The lowest BCUT2D eigenvalue weighted by Crippen LogP contribution is -2.47. The van der Waals surface area contributed by atoms with E-state index in [-0.39, 0.29) is 22.6 Å². The lowest BCUT2D eigenvalue weighted by molar-refractivity contribution is 0.130. The first kappa shape index (κ1) is 15.9. The molecule has 22 heavy (non-hydrogen) atoms. The van der Waals surface area contributed by atoms with Gasteiger partial charge in [-0.2, -0.15) is 0 Å². The lowest BCUT2D eigenvalue weighted by Gasteiger charge is -2.39. The highest BCUT2D eigenvalue weighted by molar-refractivity contribution is 7.88. The number of nitrogens with one attached hydrogen (secondary N) is 1. The molecule has 3 atom stereocenters. The molecule has 2 aliphatic rings. The van der Waals surface area contributed by atoms with Crippen molar-refractivity contribution in [1.82, 2.24) is 4.72 Å². The maximum atomic E-state index is 13.2. The highest BCUT2D eigenvalue weighted by atomic mass is 32.2. The number of fused-ring (bicyclic) bond motifs is 2. The zero-order valence-corrected chi connectivity index (χ0v) is 14.2. The van der Waals surface area contributed by atoms with Gasteiger partial charge in [0.25, 0.3) is 0 Å². The maximum absolute atomic E-state index is 13.2. The van der Waals surface area contributed by atoms with Crippen LogP contribution in [0.3, 0.4) is 0 Å². The third kappa shape index (κ3) is 2.48. The smallest absolute Gasteiger partial charge is 0.212 e. The van der Waals surface area contributed by atoms with Gasteiger partial charge in [0.1, 0.15) is 5.82 Å². The maximum Gasteiger partial charge on any atom is 0.216 e. The van der Waals surface area contributed by atoms with Crippen molar-refractivity contribution in [3.05, 3.63) is 35.6 Å². The van der Waals surface area contributed by atoms with Gasteiger partial charge in [0, 0.05) is 6.04 Å². The Hall–Kier alpha value is -0.940. The van der Waals surface area contributed by atoms with Gasteiger partial charge in [0.2, 0.25) is 10.0 Å². The van der Waals surface area contributed by atoms with E-state index in [0.717, 1.165) is 12.8 Å². The minimum atomic E-state index is -3.46. The molecule has 0 amide bonds. The third-order valence-corrected chi connectivity index (χ3v) is 7.72. The average Bonchev–Trinajstić information content (AvgIpc) is 2.70. The summed E-state index contributed by atoms with van der Waals surface area (Å²) in [6.07, 6.45) is 3.16. The fourth-order valence-electron chi connectivity index (χ4n) is 4.49. The number of hydrogen-bond acceptors (Lipinski definition) is 2. The summed E-state index contributed by atoms with van der Waals surface area (Å²) in [6, 6.07) is 5.78. The first-order valence-electron chi connectivity index (χ1n) is 7.88. The molecule has 0 aromatic heterocycles. The van der Waals surface area contributed by atoms with Gasteiger partial charge in [-0.05, 0) is 53.7 Å². The standard InChI is InChI=1S/C17H24FNO2S/c1-16(2)13-7-8-17(16,3)15(10-13)19-22(20,21)11-12-5-4-6-14(18)9-12/h4-6,9,13,15,19H,7-8,10-11H2,1-3H3. The largest absolute Gasteiger partial charge is 0.216 e. The predicted octanol–water partition coefficient (Wildman–Crippen LogP) is 3.46. The van der Waals surface area contributed by atoms with Crippen LogP contribution in [0.1, 0.15) is 45.6 Å². The zero-order valence-electron chi connectivity index (χ0n) is 13.4. The summed E-state index contributed by atoms with van der Waals surface area (Å²) < 4.78 is 41.0. The van der Waals surface area contributed by atoms with Gasteiger partial charge in [-0.15, -0.1) is 0 Å². The number of benzene rings is 1. The van der Waals surface area contributed by atoms with E-state index < -0.39 is 15.8 Å². The van der Waals surface area contributed by atoms with E-state index >= 15 is 0 Å². The van der Waals surface area contributed by atoms with Gasteiger partial charge in [-0.25, -0.2) is 17.5 Å². The zero-order chi connectivity index (χ0) is 16.2. The van der Waals surface area contributed by atoms with Gasteiger partial charge in [-0.3, -0.25) is 0 Å². The second-order valence-corrected chi connectivity index (χ2v) is 9.42. The average molecular weight is 325 g/mol. The van der Waals surface area contributed by atoms with Crippen molar-refractivity contribution in [3.63, 3.8) is 0 Å². The molecule has 2 fully saturated rings. The van der Waals surface area contributed by atoms with E-state index in [1.54, 1.807) is 12.1 Å². The predicted molar refractivity (Wildman–Crippen MR) is 85.2 cm³/mol. The summed E-state index contributed by atoms with van der Waals surface area (Å²) in [4.78, 5) is 0. The summed E-state index contributed by atoms with van der Waals surface area (Å²) in [6.45, 7) is 6.71. The topological polar surface area (TPSA) is 46.2 Å². The van der Waals surface area contributed by atoms with Crippen LogP contribution in [0.4, 0.5) is 4.39 Å². The van der Waals surface area contributed by atoms with Crippen molar-refractivity contribution in [1.29, 1.82) is 0 Å². The van der Waals surface area contributed by atoms with Crippen molar-refractivity contribution in [2.24, 2.45) is 16.7 Å². The van der Waals surface area contributed by atoms with Crippen LogP contribution in [0, 0.1) is 22.6 Å². The summed E-state index contributed by atoms with van der Waals surface area (Å²) in [7, 11) is -3.46. The highest BCUT2D eigenvalue weighted by Gasteiger charge is 2.61. The minimum Gasteiger partial charge on any atom is -0.212 e. The monoisotopic (exact) mass is 325 g/mol. The van der Waals surface area contributed by atoms with Crippen LogP contribution >= 0.6 is 0 Å². The molecule has 2 aliphatic carbocycles. The molecular weight excluding hydrogens is 301 g/mol. The molecule has 0 radical (unpaired) electrons. The Labute approximate surface area is 132 Å². The Kier molecular flexibility index (Phi) is 3.64. The van der Waals surface area contributed by atoms with Gasteiger partial charge in [-0.1, -0.05) is 32.9 Å². The Bertz CT molecular complexity index is 686. The van der Waals surface area contributed by atoms with Crippen LogP contribution in [0.25, 0.3) is 0 Å². The fraction of sp³-hybridized carbons (Fsp3) is 0.647. The normalized spacial score (nSPS) is 33.3. The number of hydrogen-bond donors (Lipinski definition) is 1. The molecular formula is C17H24FNO2S. The van der Waals surface area contributed by atoms with Gasteiger partial charge in [0.05, 0.1) is 5.75 Å². The highest BCUT2D eigenvalue weighted by Crippen LogP contribution is 2.65. The van der Waals surface area contributed by atoms with E-state index in [2.05, 4.69) is 25.5 Å². The molecule has 3 rings (SSSR count). The summed E-state index contributed by atoms with van der Waals surface area (Å²) >= 11 is 0. The summed E-state index contributed by atoms with van der Waals surface area (Å²) in [5, 5.41) is 0. The molecule has 0 saturated heterocycles. The molecule has 2 saturated carbocycles. The third-order valence-electron chi connectivity index (χ3n) is 6.36. The Balaban J connectivity index is 1.76. The van der Waals surface area contributed by atoms with Crippen LogP contribution in [-0.4, -0.2) is 14.5 Å². The van der Waals surface area contributed by atoms with Crippen molar-refractivity contribution in [2.45, 2.75) is 51.8 Å². The molecule has 0 aliphatic heterocycles. The summed E-state index contributed by atoms with van der Waals surface area (Å²) in [5.41, 5.74) is 0.659. The Morgan fingerprint density at radius 2 is 2.05 bits per heavy atom. The molecule has 1 aromatic carbocycles. The molecule has 0 spiro atoms. The summed E-state index contributed by atoms with van der Waals surface area (Å²) in [5.74, 6) is 0.0164. The van der Waals surface area contributed by atoms with Gasteiger partial charge in [0.15, 0.2) is 0 Å². The molecule has 0 heterocycles. The second-order valence-electron chi connectivity index (χ2n) is 7.67. The number of halogens is 1. The first-order chi connectivity index (χ1) is 10.1. The van der Waals surface area contributed by atoms with Crippen LogP contribution in [0.5, 0.6) is 0 Å². The molecule has 5 heteroatoms. The number of sulfonamides is 1. The van der Waals surface area contributed by atoms with Crippen molar-refractivity contribution < 1.29 is 12.8 Å². The van der Waals surface area contributed by atoms with Gasteiger partial charge < -0.3 is 0 Å². The van der Waals surface area contributed by atoms with Crippen molar-refractivity contribution >= 4 is 10.0 Å².